The molecule has 0 radical (unpaired) electrons. The molecule has 2 fully saturated rings. The van der Waals surface area contributed by atoms with Crippen LogP contribution in [0.1, 0.15) is 29.0 Å². The van der Waals surface area contributed by atoms with Gasteiger partial charge in [0.05, 0.1) is 17.6 Å². The topological polar surface area (TPSA) is 95.7 Å². The lowest BCUT2D eigenvalue weighted by Crippen LogP contribution is -2.51. The minimum atomic E-state index is -0.868. The predicted octanol–water partition coefficient (Wildman–Crippen LogP) is 2.69. The largest absolute Gasteiger partial charge is 0.383 e. The van der Waals surface area contributed by atoms with Crippen molar-refractivity contribution in [3.8, 4) is 0 Å². The average molecular weight is 495 g/mol. The highest BCUT2D eigenvalue weighted by Crippen LogP contribution is 2.23. The molecule has 2 amide bonds. The smallest absolute Gasteiger partial charge is 0.256 e. The fourth-order valence-corrected chi connectivity index (χ4v) is 4.97. The van der Waals surface area contributed by atoms with Crippen LogP contribution in [0, 0.1) is 17.6 Å². The van der Waals surface area contributed by atoms with Crippen LogP contribution in [0.5, 0.6) is 0 Å². The number of nitrogen functional groups attached to an aromatic ring is 1. The number of amides is 2. The number of nitrogens with two attached hydrogens (primary N) is 1. The molecule has 0 bridgehead atoms. The Labute approximate surface area is 207 Å². The van der Waals surface area contributed by atoms with Crippen LogP contribution in [0.4, 0.5) is 14.6 Å². The number of piperazine rings is 1. The molecule has 5 rings (SSSR count). The lowest BCUT2D eigenvalue weighted by atomic mass is 9.94. The van der Waals surface area contributed by atoms with E-state index in [1.807, 2.05) is 29.2 Å². The maximum Gasteiger partial charge on any atom is 0.256 e. The summed E-state index contributed by atoms with van der Waals surface area (Å²) in [6.45, 7) is 3.95. The number of fused-ring (bicyclic) bond motifs is 1. The fraction of sp³-hybridized carbons (Fsp3) is 0.385. The van der Waals surface area contributed by atoms with Crippen LogP contribution in [0.25, 0.3) is 10.9 Å². The highest BCUT2D eigenvalue weighted by molar-refractivity contribution is 5.94. The van der Waals surface area contributed by atoms with Crippen molar-refractivity contribution >= 4 is 28.5 Å². The van der Waals surface area contributed by atoms with E-state index in [-0.39, 0.29) is 17.4 Å². The molecule has 8 nitrogen and oxygen atoms in total. The van der Waals surface area contributed by atoms with Crippen molar-refractivity contribution in [2.45, 2.75) is 19.4 Å². The molecular formula is C26H28F2N6O2. The second-order valence-corrected chi connectivity index (χ2v) is 9.33. The number of benzene rings is 2. The minimum Gasteiger partial charge on any atom is -0.383 e. The number of nitrogens with zero attached hydrogens (tertiary/aromatic N) is 5. The van der Waals surface area contributed by atoms with Crippen molar-refractivity contribution in [3.63, 3.8) is 0 Å². The lowest BCUT2D eigenvalue weighted by molar-refractivity contribution is -0.138. The Morgan fingerprint density at radius 1 is 0.917 bits per heavy atom. The number of halogens is 2. The van der Waals surface area contributed by atoms with Gasteiger partial charge in [-0.3, -0.25) is 14.5 Å². The van der Waals surface area contributed by atoms with Gasteiger partial charge in [0, 0.05) is 56.6 Å². The molecule has 3 heterocycles. The Morgan fingerprint density at radius 2 is 1.64 bits per heavy atom. The number of aromatic nitrogens is 2. The average Bonchev–Trinajstić information content (AvgIpc) is 2.88. The highest BCUT2D eigenvalue weighted by atomic mass is 19.1. The summed E-state index contributed by atoms with van der Waals surface area (Å²) < 4.78 is 27.1. The molecule has 10 heteroatoms. The molecular weight excluding hydrogens is 466 g/mol. The molecule has 2 aliphatic heterocycles. The Bertz CT molecular complexity index is 1290. The predicted molar refractivity (Wildman–Crippen MR) is 131 cm³/mol. The molecule has 36 heavy (non-hydrogen) atoms. The summed E-state index contributed by atoms with van der Waals surface area (Å²) in [5.74, 6) is -0.987. The molecule has 2 saturated heterocycles. The fourth-order valence-electron chi connectivity index (χ4n) is 4.97. The molecule has 0 spiro atoms. The van der Waals surface area contributed by atoms with E-state index >= 15 is 0 Å². The van der Waals surface area contributed by atoms with Gasteiger partial charge >= 0.3 is 0 Å². The van der Waals surface area contributed by atoms with Crippen molar-refractivity contribution in [2.24, 2.45) is 5.92 Å². The summed E-state index contributed by atoms with van der Waals surface area (Å²) in [7, 11) is 0. The van der Waals surface area contributed by atoms with Gasteiger partial charge in [0.1, 0.15) is 23.3 Å². The van der Waals surface area contributed by atoms with Gasteiger partial charge in [-0.1, -0.05) is 12.1 Å². The van der Waals surface area contributed by atoms with Crippen molar-refractivity contribution in [1.29, 1.82) is 0 Å². The molecule has 2 aliphatic rings. The summed E-state index contributed by atoms with van der Waals surface area (Å²) in [6.07, 6.45) is 1.05. The molecule has 1 aromatic heterocycles. The quantitative estimate of drug-likeness (QED) is 0.599. The summed E-state index contributed by atoms with van der Waals surface area (Å²) >= 11 is 0. The third kappa shape index (κ3) is 4.99. The van der Waals surface area contributed by atoms with Gasteiger partial charge in [-0.2, -0.15) is 0 Å². The number of piperidine rings is 1. The van der Waals surface area contributed by atoms with Crippen LogP contribution < -0.4 is 5.73 Å². The number of carbonyl (C=O) groups is 2. The van der Waals surface area contributed by atoms with Crippen LogP contribution in [0.3, 0.4) is 0 Å². The number of likely N-dealkylation sites (tertiary alicyclic amines) is 1. The number of carbonyl (C=O) groups excluding carboxylic acids is 2. The Balaban J connectivity index is 1.12. The van der Waals surface area contributed by atoms with Gasteiger partial charge in [0.2, 0.25) is 5.91 Å². The van der Waals surface area contributed by atoms with Gasteiger partial charge in [-0.25, -0.2) is 18.7 Å². The SMILES string of the molecule is Nc1nc(CN2CCN(C(=O)C3CCN(C(=O)c4ccc(F)cc4F)CC3)CC2)nc2ccccc12. The van der Waals surface area contributed by atoms with E-state index in [2.05, 4.69) is 14.9 Å². The Hall–Kier alpha value is -3.66. The first-order valence-electron chi connectivity index (χ1n) is 12.2. The number of rotatable bonds is 4. The van der Waals surface area contributed by atoms with E-state index < -0.39 is 17.5 Å². The summed E-state index contributed by atoms with van der Waals surface area (Å²) in [5.41, 5.74) is 6.78. The van der Waals surface area contributed by atoms with Crippen molar-refractivity contribution in [1.82, 2.24) is 24.7 Å². The van der Waals surface area contributed by atoms with Crippen LogP contribution in [0.15, 0.2) is 42.5 Å². The highest BCUT2D eigenvalue weighted by Gasteiger charge is 2.32. The molecule has 2 N–H and O–H groups in total. The maximum atomic E-state index is 14.0. The zero-order chi connectivity index (χ0) is 25.2. The number of anilines is 1. The normalized spacial score (nSPS) is 17.5. The van der Waals surface area contributed by atoms with E-state index in [0.717, 1.165) is 17.0 Å². The number of para-hydroxylation sites is 1. The molecule has 0 unspecified atom stereocenters. The second-order valence-electron chi connectivity index (χ2n) is 9.33. The van der Waals surface area contributed by atoms with Crippen molar-refractivity contribution in [3.05, 3.63) is 65.5 Å². The molecule has 0 saturated carbocycles. The van der Waals surface area contributed by atoms with Crippen molar-refractivity contribution < 1.29 is 18.4 Å². The van der Waals surface area contributed by atoms with Crippen LogP contribution in [-0.4, -0.2) is 75.8 Å². The molecule has 2 aromatic carbocycles. The standard InChI is InChI=1S/C26H28F2N6O2/c27-18-5-6-19(21(28)15-18)26(36)33-9-7-17(8-10-33)25(35)34-13-11-32(12-14-34)16-23-30-22-4-2-1-3-20(22)24(29)31-23/h1-6,15,17H,7-14,16H2,(H2,29,30,31). The van der Waals surface area contributed by atoms with E-state index in [0.29, 0.717) is 76.4 Å². The minimum absolute atomic E-state index is 0.0981. The van der Waals surface area contributed by atoms with E-state index in [1.165, 1.54) is 11.0 Å². The first-order chi connectivity index (χ1) is 17.4. The number of hydrogen-bond acceptors (Lipinski definition) is 6. The lowest BCUT2D eigenvalue weighted by Gasteiger charge is -2.38. The maximum absolute atomic E-state index is 14.0. The first-order valence-corrected chi connectivity index (χ1v) is 12.2. The third-order valence-electron chi connectivity index (χ3n) is 7.02. The van der Waals surface area contributed by atoms with Gasteiger partial charge in [-0.05, 0) is 37.1 Å². The van der Waals surface area contributed by atoms with Gasteiger partial charge in [-0.15, -0.1) is 0 Å². The van der Waals surface area contributed by atoms with Crippen molar-refractivity contribution in [2.75, 3.05) is 45.0 Å². The van der Waals surface area contributed by atoms with Gasteiger partial charge in [0.15, 0.2) is 0 Å². The zero-order valence-corrected chi connectivity index (χ0v) is 19.9. The summed E-state index contributed by atoms with van der Waals surface area (Å²) in [6, 6.07) is 10.6. The zero-order valence-electron chi connectivity index (χ0n) is 19.9. The second kappa shape index (κ2) is 10.1. The molecule has 0 aliphatic carbocycles. The van der Waals surface area contributed by atoms with Gasteiger partial charge in [0.25, 0.3) is 5.91 Å². The third-order valence-corrected chi connectivity index (χ3v) is 7.02. The van der Waals surface area contributed by atoms with Crippen LogP contribution >= 0.6 is 0 Å². The summed E-state index contributed by atoms with van der Waals surface area (Å²) in [5, 5.41) is 0.840. The molecule has 0 atom stereocenters. The number of hydrogen-bond donors (Lipinski definition) is 1. The Morgan fingerprint density at radius 3 is 2.36 bits per heavy atom. The summed E-state index contributed by atoms with van der Waals surface area (Å²) in [4.78, 5) is 40.4. The molecule has 3 aromatic rings. The molecule has 188 valence electrons. The van der Waals surface area contributed by atoms with Gasteiger partial charge < -0.3 is 15.5 Å². The van der Waals surface area contributed by atoms with E-state index in [4.69, 9.17) is 5.73 Å². The first kappa shape index (κ1) is 24.1. The van der Waals surface area contributed by atoms with Crippen LogP contribution in [0.2, 0.25) is 0 Å². The van der Waals surface area contributed by atoms with Crippen LogP contribution in [-0.2, 0) is 11.3 Å². The monoisotopic (exact) mass is 494 g/mol. The van der Waals surface area contributed by atoms with E-state index in [1.54, 1.807) is 0 Å². The van der Waals surface area contributed by atoms with E-state index in [9.17, 15) is 18.4 Å². The Kier molecular flexibility index (Phi) is 6.77.